The maximum absolute atomic E-state index is 12.1. The fourth-order valence-electron chi connectivity index (χ4n) is 2.45. The summed E-state index contributed by atoms with van der Waals surface area (Å²) >= 11 is 0. The first-order valence-electron chi connectivity index (χ1n) is 6.41. The number of amides is 1. The van der Waals surface area contributed by atoms with Crippen LogP contribution in [-0.2, 0) is 0 Å². The lowest BCUT2D eigenvalue weighted by Crippen LogP contribution is -2.62. The van der Waals surface area contributed by atoms with Crippen LogP contribution in [-0.4, -0.2) is 66.2 Å². The molecular formula is C12H18N4O2. The molecule has 18 heavy (non-hydrogen) atoms. The zero-order chi connectivity index (χ0) is 12.5. The van der Waals surface area contributed by atoms with Crippen molar-refractivity contribution in [2.45, 2.75) is 13.0 Å². The van der Waals surface area contributed by atoms with Gasteiger partial charge in [-0.1, -0.05) is 5.16 Å². The highest BCUT2D eigenvalue weighted by Gasteiger charge is 2.30. The molecule has 0 saturated carbocycles. The molecule has 3 heterocycles. The molecule has 1 amide bonds. The summed E-state index contributed by atoms with van der Waals surface area (Å²) in [6.45, 7) is 7.42. The van der Waals surface area contributed by atoms with E-state index in [0.717, 1.165) is 39.3 Å². The van der Waals surface area contributed by atoms with Crippen molar-refractivity contribution in [2.24, 2.45) is 0 Å². The summed E-state index contributed by atoms with van der Waals surface area (Å²) in [5, 5.41) is 7.06. The largest absolute Gasteiger partial charge is 0.361 e. The van der Waals surface area contributed by atoms with Crippen molar-refractivity contribution in [2.75, 3.05) is 39.3 Å². The Labute approximate surface area is 106 Å². The molecule has 0 radical (unpaired) electrons. The Balaban J connectivity index is 1.57. The molecule has 0 atom stereocenters. The van der Waals surface area contributed by atoms with Gasteiger partial charge in [0.2, 0.25) is 0 Å². The van der Waals surface area contributed by atoms with Gasteiger partial charge in [-0.3, -0.25) is 9.69 Å². The molecule has 2 saturated heterocycles. The summed E-state index contributed by atoms with van der Waals surface area (Å²) in [5.74, 6) is 0.663. The van der Waals surface area contributed by atoms with Gasteiger partial charge < -0.3 is 14.7 Å². The van der Waals surface area contributed by atoms with Crippen molar-refractivity contribution in [3.63, 3.8) is 0 Å². The molecule has 6 nitrogen and oxygen atoms in total. The molecule has 1 N–H and O–H groups in total. The van der Waals surface area contributed by atoms with Crippen LogP contribution in [0.5, 0.6) is 0 Å². The van der Waals surface area contributed by atoms with Gasteiger partial charge in [-0.25, -0.2) is 0 Å². The normalized spacial score (nSPS) is 21.9. The Hall–Kier alpha value is -1.40. The second-order valence-corrected chi connectivity index (χ2v) is 4.96. The van der Waals surface area contributed by atoms with E-state index in [2.05, 4.69) is 15.4 Å². The van der Waals surface area contributed by atoms with E-state index in [1.807, 2.05) is 4.90 Å². The van der Waals surface area contributed by atoms with Crippen molar-refractivity contribution in [1.29, 1.82) is 0 Å². The molecule has 0 aliphatic carbocycles. The summed E-state index contributed by atoms with van der Waals surface area (Å²) in [6.07, 6.45) is 0. The first-order valence-corrected chi connectivity index (χ1v) is 6.41. The number of nitrogens with one attached hydrogen (secondary N) is 1. The highest BCUT2D eigenvalue weighted by molar-refractivity contribution is 5.92. The predicted octanol–water partition coefficient (Wildman–Crippen LogP) is -0.287. The Morgan fingerprint density at radius 1 is 1.39 bits per heavy atom. The summed E-state index contributed by atoms with van der Waals surface area (Å²) in [7, 11) is 0. The minimum absolute atomic E-state index is 0.0155. The number of carbonyl (C=O) groups excluding carboxylic acids is 1. The number of carbonyl (C=O) groups is 1. The van der Waals surface area contributed by atoms with E-state index in [9.17, 15) is 4.79 Å². The van der Waals surface area contributed by atoms with Gasteiger partial charge in [0.15, 0.2) is 5.69 Å². The highest BCUT2D eigenvalue weighted by Crippen LogP contribution is 2.12. The van der Waals surface area contributed by atoms with Crippen LogP contribution in [0.1, 0.15) is 16.2 Å². The number of nitrogens with zero attached hydrogens (tertiary/aromatic N) is 3. The van der Waals surface area contributed by atoms with Gasteiger partial charge >= 0.3 is 0 Å². The first kappa shape index (κ1) is 11.7. The Morgan fingerprint density at radius 3 is 2.61 bits per heavy atom. The molecule has 1 aromatic heterocycles. The van der Waals surface area contributed by atoms with E-state index < -0.39 is 0 Å². The van der Waals surface area contributed by atoms with Crippen molar-refractivity contribution < 1.29 is 9.32 Å². The van der Waals surface area contributed by atoms with Gasteiger partial charge in [0.1, 0.15) is 5.76 Å². The fraction of sp³-hybridized carbons (Fsp3) is 0.667. The Morgan fingerprint density at radius 2 is 2.11 bits per heavy atom. The van der Waals surface area contributed by atoms with E-state index in [1.54, 1.807) is 13.0 Å². The van der Waals surface area contributed by atoms with Crippen molar-refractivity contribution >= 4 is 5.91 Å². The highest BCUT2D eigenvalue weighted by atomic mass is 16.5. The van der Waals surface area contributed by atoms with Crippen LogP contribution in [0, 0.1) is 6.92 Å². The quantitative estimate of drug-likeness (QED) is 0.781. The molecule has 6 heteroatoms. The summed E-state index contributed by atoms with van der Waals surface area (Å²) in [5.41, 5.74) is 0.422. The molecule has 0 spiro atoms. The van der Waals surface area contributed by atoms with E-state index in [1.165, 1.54) is 0 Å². The van der Waals surface area contributed by atoms with Crippen molar-refractivity contribution in [1.82, 2.24) is 20.3 Å². The molecule has 98 valence electrons. The standard InChI is InChI=1S/C12H18N4O2/c1-9-6-11(14-18-9)12(17)16-4-2-15(3-5-16)10-7-13-8-10/h6,10,13H,2-5,7-8H2,1H3. The lowest BCUT2D eigenvalue weighted by atomic mass is 10.1. The minimum Gasteiger partial charge on any atom is -0.361 e. The van der Waals surface area contributed by atoms with Gasteiger partial charge in [0, 0.05) is 51.4 Å². The summed E-state index contributed by atoms with van der Waals surface area (Å²) in [4.78, 5) is 16.5. The van der Waals surface area contributed by atoms with E-state index in [-0.39, 0.29) is 5.91 Å². The second-order valence-electron chi connectivity index (χ2n) is 4.96. The van der Waals surface area contributed by atoms with Crippen LogP contribution < -0.4 is 5.32 Å². The van der Waals surface area contributed by atoms with E-state index in [0.29, 0.717) is 17.5 Å². The van der Waals surface area contributed by atoms with Gasteiger partial charge in [-0.2, -0.15) is 0 Å². The van der Waals surface area contributed by atoms with Crippen LogP contribution >= 0.6 is 0 Å². The maximum Gasteiger partial charge on any atom is 0.276 e. The number of hydrogen-bond acceptors (Lipinski definition) is 5. The number of piperazine rings is 1. The lowest BCUT2D eigenvalue weighted by Gasteiger charge is -2.43. The minimum atomic E-state index is -0.0155. The fourth-order valence-corrected chi connectivity index (χ4v) is 2.45. The third-order valence-electron chi connectivity index (χ3n) is 3.72. The summed E-state index contributed by atoms with van der Waals surface area (Å²) in [6, 6.07) is 2.36. The molecular weight excluding hydrogens is 232 g/mol. The molecule has 0 bridgehead atoms. The molecule has 3 rings (SSSR count). The Bertz CT molecular complexity index is 433. The zero-order valence-corrected chi connectivity index (χ0v) is 10.6. The summed E-state index contributed by atoms with van der Waals surface area (Å²) < 4.78 is 4.95. The van der Waals surface area contributed by atoms with Crippen LogP contribution in [0.2, 0.25) is 0 Å². The van der Waals surface area contributed by atoms with Crippen LogP contribution in [0.15, 0.2) is 10.6 Å². The third-order valence-corrected chi connectivity index (χ3v) is 3.72. The van der Waals surface area contributed by atoms with Crippen LogP contribution in [0.3, 0.4) is 0 Å². The zero-order valence-electron chi connectivity index (χ0n) is 10.6. The van der Waals surface area contributed by atoms with E-state index in [4.69, 9.17) is 4.52 Å². The van der Waals surface area contributed by atoms with Gasteiger partial charge in [-0.05, 0) is 6.92 Å². The third kappa shape index (κ3) is 2.13. The van der Waals surface area contributed by atoms with Crippen molar-refractivity contribution in [3.05, 3.63) is 17.5 Å². The lowest BCUT2D eigenvalue weighted by molar-refractivity contribution is 0.0494. The molecule has 2 aliphatic rings. The average molecular weight is 250 g/mol. The SMILES string of the molecule is Cc1cc(C(=O)N2CCN(C3CNC3)CC2)no1. The maximum atomic E-state index is 12.1. The average Bonchev–Trinajstić information content (AvgIpc) is 2.74. The second kappa shape index (κ2) is 4.70. The molecule has 1 aromatic rings. The number of hydrogen-bond donors (Lipinski definition) is 1. The van der Waals surface area contributed by atoms with Gasteiger partial charge in [-0.15, -0.1) is 0 Å². The molecule has 2 fully saturated rings. The molecule has 0 unspecified atom stereocenters. The van der Waals surface area contributed by atoms with Crippen molar-refractivity contribution in [3.8, 4) is 0 Å². The number of aryl methyl sites for hydroxylation is 1. The smallest absolute Gasteiger partial charge is 0.276 e. The topological polar surface area (TPSA) is 61.6 Å². The molecule has 2 aliphatic heterocycles. The Kier molecular flexibility index (Phi) is 3.05. The number of rotatable bonds is 2. The van der Waals surface area contributed by atoms with Crippen LogP contribution in [0.4, 0.5) is 0 Å². The van der Waals surface area contributed by atoms with E-state index >= 15 is 0 Å². The van der Waals surface area contributed by atoms with Gasteiger partial charge in [0.05, 0.1) is 0 Å². The monoisotopic (exact) mass is 250 g/mol. The van der Waals surface area contributed by atoms with Crippen LogP contribution in [0.25, 0.3) is 0 Å². The molecule has 0 aromatic carbocycles. The van der Waals surface area contributed by atoms with Gasteiger partial charge in [0.25, 0.3) is 5.91 Å². The number of aromatic nitrogens is 1. The first-order chi connectivity index (χ1) is 8.74. The predicted molar refractivity (Wildman–Crippen MR) is 65.4 cm³/mol.